The first-order valence-electron chi connectivity index (χ1n) is 8.99. The topological polar surface area (TPSA) is 76.0 Å². The number of aromatic nitrogens is 2. The van der Waals surface area contributed by atoms with Gasteiger partial charge in [0.2, 0.25) is 11.8 Å². The van der Waals surface area contributed by atoms with E-state index in [1.54, 1.807) is 24.4 Å². The summed E-state index contributed by atoms with van der Waals surface area (Å²) in [6.45, 7) is 3.73. The molecule has 3 aromatic rings. The molecule has 0 unspecified atom stereocenters. The number of nitrogens with zero attached hydrogens (tertiary/aromatic N) is 2. The normalized spacial score (nSPS) is 10.6. The molecular weight excluding hydrogens is 408 g/mol. The van der Waals surface area contributed by atoms with Crippen LogP contribution in [0.25, 0.3) is 5.69 Å². The first-order valence-corrected chi connectivity index (χ1v) is 10.4. The molecule has 2 N–H and O–H groups in total. The van der Waals surface area contributed by atoms with E-state index in [-0.39, 0.29) is 24.1 Å². The molecular formula is C21H21ClN4O2S. The zero-order valence-electron chi connectivity index (χ0n) is 16.1. The van der Waals surface area contributed by atoms with Crippen LogP contribution in [0.4, 0.5) is 5.69 Å². The quantitative estimate of drug-likeness (QED) is 0.558. The highest BCUT2D eigenvalue weighted by Gasteiger charge is 2.11. The van der Waals surface area contributed by atoms with Gasteiger partial charge < -0.3 is 10.6 Å². The molecule has 0 bridgehead atoms. The van der Waals surface area contributed by atoms with Gasteiger partial charge in [-0.15, -0.1) is 0 Å². The average Bonchev–Trinajstić information content (AvgIpc) is 3.17. The van der Waals surface area contributed by atoms with Crippen molar-refractivity contribution in [3.05, 3.63) is 71.0 Å². The highest BCUT2D eigenvalue weighted by molar-refractivity contribution is 7.99. The van der Waals surface area contributed by atoms with Crippen LogP contribution in [0.15, 0.2) is 60.0 Å². The minimum atomic E-state index is -0.310. The fourth-order valence-corrected chi connectivity index (χ4v) is 3.65. The van der Waals surface area contributed by atoms with Crippen molar-refractivity contribution in [3.63, 3.8) is 0 Å². The van der Waals surface area contributed by atoms with Crippen molar-refractivity contribution >= 4 is 40.9 Å². The Labute approximate surface area is 178 Å². The number of thioether (sulfide) groups is 1. The minimum absolute atomic E-state index is 0.113. The lowest BCUT2D eigenvalue weighted by Gasteiger charge is -2.10. The van der Waals surface area contributed by atoms with Crippen LogP contribution in [0.3, 0.4) is 0 Å². The Morgan fingerprint density at radius 2 is 1.93 bits per heavy atom. The van der Waals surface area contributed by atoms with Crippen molar-refractivity contribution in [2.45, 2.75) is 19.0 Å². The number of imidazole rings is 1. The van der Waals surface area contributed by atoms with Crippen molar-refractivity contribution < 1.29 is 9.59 Å². The largest absolute Gasteiger partial charge is 0.346 e. The van der Waals surface area contributed by atoms with E-state index in [2.05, 4.69) is 15.6 Å². The van der Waals surface area contributed by atoms with Crippen molar-refractivity contribution in [1.82, 2.24) is 14.9 Å². The number of rotatable bonds is 7. The first-order chi connectivity index (χ1) is 13.9. The first kappa shape index (κ1) is 21.0. The molecule has 6 nitrogen and oxygen atoms in total. The number of carbonyl (C=O) groups is 2. The van der Waals surface area contributed by atoms with E-state index in [1.807, 2.05) is 48.9 Å². The molecule has 0 aliphatic heterocycles. The molecule has 0 saturated heterocycles. The number of hydrogen-bond donors (Lipinski definition) is 2. The summed E-state index contributed by atoms with van der Waals surface area (Å²) in [6.07, 6.45) is 3.55. The number of halogens is 1. The van der Waals surface area contributed by atoms with Gasteiger partial charge in [-0.1, -0.05) is 41.6 Å². The van der Waals surface area contributed by atoms with Crippen LogP contribution in [0.5, 0.6) is 0 Å². The van der Waals surface area contributed by atoms with Crippen LogP contribution in [0.2, 0.25) is 5.02 Å². The molecule has 0 fully saturated rings. The van der Waals surface area contributed by atoms with Gasteiger partial charge in [-0.3, -0.25) is 14.2 Å². The lowest BCUT2D eigenvalue weighted by molar-refractivity contribution is -0.122. The molecule has 0 aliphatic carbocycles. The van der Waals surface area contributed by atoms with E-state index in [4.69, 9.17) is 11.6 Å². The van der Waals surface area contributed by atoms with E-state index >= 15 is 0 Å². The van der Waals surface area contributed by atoms with E-state index in [0.29, 0.717) is 15.9 Å². The minimum Gasteiger partial charge on any atom is -0.346 e. The molecule has 8 heteroatoms. The zero-order valence-corrected chi connectivity index (χ0v) is 17.7. The van der Waals surface area contributed by atoms with Gasteiger partial charge in [-0.2, -0.15) is 0 Å². The molecule has 0 radical (unpaired) electrons. The van der Waals surface area contributed by atoms with Gasteiger partial charge in [0.1, 0.15) is 0 Å². The number of nitrogens with one attached hydrogen (secondary N) is 2. The zero-order chi connectivity index (χ0) is 20.8. The van der Waals surface area contributed by atoms with E-state index < -0.39 is 0 Å². The Kier molecular flexibility index (Phi) is 6.95. The average molecular weight is 429 g/mol. The fraction of sp³-hybridized carbons (Fsp3) is 0.190. The van der Waals surface area contributed by atoms with Gasteiger partial charge in [0.25, 0.3) is 0 Å². The Bertz CT molecular complexity index is 1040. The van der Waals surface area contributed by atoms with Crippen molar-refractivity contribution in [1.29, 1.82) is 0 Å². The Hall–Kier alpha value is -2.77. The number of benzene rings is 2. The third kappa shape index (κ3) is 5.62. The molecule has 150 valence electrons. The van der Waals surface area contributed by atoms with Crippen LogP contribution in [-0.2, 0) is 9.59 Å². The van der Waals surface area contributed by atoms with E-state index in [9.17, 15) is 9.59 Å². The maximum absolute atomic E-state index is 12.1. The lowest BCUT2D eigenvalue weighted by Crippen LogP contribution is -2.34. The van der Waals surface area contributed by atoms with Gasteiger partial charge in [-0.05, 0) is 49.2 Å². The van der Waals surface area contributed by atoms with E-state index in [0.717, 1.165) is 16.8 Å². The van der Waals surface area contributed by atoms with Crippen molar-refractivity contribution in [3.8, 4) is 5.69 Å². The van der Waals surface area contributed by atoms with Gasteiger partial charge in [-0.25, -0.2) is 4.98 Å². The van der Waals surface area contributed by atoms with Gasteiger partial charge in [0, 0.05) is 28.8 Å². The number of hydrogen-bond acceptors (Lipinski definition) is 4. The fourth-order valence-electron chi connectivity index (χ4n) is 2.67. The number of anilines is 1. The molecule has 3 rings (SSSR count). The predicted octanol–water partition coefficient (Wildman–Crippen LogP) is 3.99. The maximum atomic E-state index is 12.1. The summed E-state index contributed by atoms with van der Waals surface area (Å²) in [5, 5.41) is 6.67. The summed E-state index contributed by atoms with van der Waals surface area (Å²) in [4.78, 5) is 28.6. The molecule has 0 saturated carbocycles. The SMILES string of the molecule is Cc1cccc(-n2ccnc2SCC(=O)NCC(=O)Nc2cccc(Cl)c2C)c1. The summed E-state index contributed by atoms with van der Waals surface area (Å²) in [5.74, 6) is -0.395. The Balaban J connectivity index is 1.50. The third-order valence-electron chi connectivity index (χ3n) is 4.21. The molecule has 2 amide bonds. The molecule has 29 heavy (non-hydrogen) atoms. The van der Waals surface area contributed by atoms with Crippen molar-refractivity contribution in [2.75, 3.05) is 17.6 Å². The Morgan fingerprint density at radius 3 is 2.72 bits per heavy atom. The van der Waals surface area contributed by atoms with E-state index in [1.165, 1.54) is 11.8 Å². The molecule has 0 spiro atoms. The molecule has 1 heterocycles. The van der Waals surface area contributed by atoms with Crippen LogP contribution in [-0.4, -0.2) is 33.7 Å². The predicted molar refractivity (Wildman–Crippen MR) is 117 cm³/mol. The maximum Gasteiger partial charge on any atom is 0.243 e. The highest BCUT2D eigenvalue weighted by atomic mass is 35.5. The van der Waals surface area contributed by atoms with Crippen molar-refractivity contribution in [2.24, 2.45) is 0 Å². The van der Waals surface area contributed by atoms with Crippen LogP contribution >= 0.6 is 23.4 Å². The summed E-state index contributed by atoms with van der Waals surface area (Å²) in [7, 11) is 0. The number of aryl methyl sites for hydroxylation is 1. The van der Waals surface area contributed by atoms with Crippen LogP contribution in [0.1, 0.15) is 11.1 Å². The summed E-state index contributed by atoms with van der Waals surface area (Å²) in [5.41, 5.74) is 3.55. The Morgan fingerprint density at radius 1 is 1.14 bits per heavy atom. The summed E-state index contributed by atoms with van der Waals surface area (Å²) in [6, 6.07) is 13.3. The summed E-state index contributed by atoms with van der Waals surface area (Å²) < 4.78 is 1.93. The molecule has 0 aliphatic rings. The second-order valence-corrected chi connectivity index (χ2v) is 7.79. The summed E-state index contributed by atoms with van der Waals surface area (Å²) >= 11 is 7.36. The molecule has 0 atom stereocenters. The van der Waals surface area contributed by atoms with Crippen LogP contribution < -0.4 is 10.6 Å². The smallest absolute Gasteiger partial charge is 0.243 e. The second-order valence-electron chi connectivity index (χ2n) is 6.44. The van der Waals surface area contributed by atoms with Gasteiger partial charge in [0.05, 0.1) is 12.3 Å². The second kappa shape index (κ2) is 9.62. The van der Waals surface area contributed by atoms with Gasteiger partial charge in [0.15, 0.2) is 5.16 Å². The number of amides is 2. The third-order valence-corrected chi connectivity index (χ3v) is 5.58. The standard InChI is InChI=1S/C21H21ClN4O2S/c1-14-5-3-6-16(11-14)26-10-9-23-21(26)29-13-20(28)24-12-19(27)25-18-8-4-7-17(22)15(18)2/h3-11H,12-13H2,1-2H3,(H,24,28)(H,25,27). The monoisotopic (exact) mass is 428 g/mol. The highest BCUT2D eigenvalue weighted by Crippen LogP contribution is 2.23. The van der Waals surface area contributed by atoms with Gasteiger partial charge >= 0.3 is 0 Å². The molecule has 1 aromatic heterocycles. The van der Waals surface area contributed by atoms with Crippen LogP contribution in [0, 0.1) is 13.8 Å². The molecule has 2 aromatic carbocycles. The lowest BCUT2D eigenvalue weighted by atomic mass is 10.2. The number of carbonyl (C=O) groups excluding carboxylic acids is 2.